The molecule has 1 saturated heterocycles. The van der Waals surface area contributed by atoms with Gasteiger partial charge in [0.05, 0.1) is 18.4 Å². The summed E-state index contributed by atoms with van der Waals surface area (Å²) in [7, 11) is -3.34. The van der Waals surface area contributed by atoms with Crippen LogP contribution in [0, 0.1) is 13.8 Å². The number of nitrogens with one attached hydrogen (secondary N) is 2. The highest BCUT2D eigenvalue weighted by Gasteiger charge is 2.16. The van der Waals surface area contributed by atoms with Crippen LogP contribution < -0.4 is 14.8 Å². The Balaban J connectivity index is 1.62. The zero-order valence-electron chi connectivity index (χ0n) is 19.4. The second kappa shape index (κ2) is 9.93. The summed E-state index contributed by atoms with van der Waals surface area (Å²) in [4.78, 5) is 4.60. The third-order valence-corrected chi connectivity index (χ3v) is 6.55. The second-order valence-electron chi connectivity index (χ2n) is 8.61. The number of aryl methyl sites for hydroxylation is 2. The first-order valence-electron chi connectivity index (χ1n) is 11.3. The predicted molar refractivity (Wildman–Crippen MR) is 135 cm³/mol. The monoisotopic (exact) mass is 465 g/mol. The highest BCUT2D eigenvalue weighted by Crippen LogP contribution is 2.33. The molecule has 1 aliphatic rings. The molecular weight excluding hydrogens is 434 g/mol. The molecule has 0 atom stereocenters. The number of nitrogens with zero attached hydrogens (tertiary/aromatic N) is 1. The first-order chi connectivity index (χ1) is 15.8. The maximum absolute atomic E-state index is 11.8. The van der Waals surface area contributed by atoms with Gasteiger partial charge in [0, 0.05) is 23.2 Å². The number of fused-ring (bicyclic) bond motifs is 1. The number of hydrogen-bond acceptors (Lipinski definition) is 5. The van der Waals surface area contributed by atoms with Gasteiger partial charge in [-0.05, 0) is 92.9 Å². The fourth-order valence-electron chi connectivity index (χ4n) is 4.37. The first kappa shape index (κ1) is 23.3. The van der Waals surface area contributed by atoms with Crippen molar-refractivity contribution in [1.82, 2.24) is 10.3 Å². The lowest BCUT2D eigenvalue weighted by molar-refractivity contribution is 0.330. The summed E-state index contributed by atoms with van der Waals surface area (Å²) < 4.78 is 32.4. The van der Waals surface area contributed by atoms with Crippen molar-refractivity contribution in [3.8, 4) is 5.75 Å². The number of benzene rings is 2. The van der Waals surface area contributed by atoms with Crippen molar-refractivity contribution in [2.45, 2.75) is 33.1 Å². The Kier molecular flexibility index (Phi) is 7.00. The highest BCUT2D eigenvalue weighted by molar-refractivity contribution is 7.92. The molecule has 3 aromatic rings. The van der Waals surface area contributed by atoms with Crippen LogP contribution >= 0.6 is 0 Å². The minimum absolute atomic E-state index is 0.530. The molecule has 174 valence electrons. The number of aromatic nitrogens is 1. The van der Waals surface area contributed by atoms with E-state index in [0.29, 0.717) is 12.3 Å². The Hall–Kier alpha value is -2.90. The zero-order chi connectivity index (χ0) is 23.4. The van der Waals surface area contributed by atoms with Crippen LogP contribution in [-0.2, 0) is 10.0 Å². The van der Waals surface area contributed by atoms with Crippen molar-refractivity contribution in [1.29, 1.82) is 0 Å². The summed E-state index contributed by atoms with van der Waals surface area (Å²) >= 11 is 0. The molecule has 7 heteroatoms. The van der Waals surface area contributed by atoms with Crippen LogP contribution in [0.4, 0.5) is 5.69 Å². The Morgan fingerprint density at radius 3 is 2.64 bits per heavy atom. The number of pyridine rings is 1. The van der Waals surface area contributed by atoms with Gasteiger partial charge in [-0.25, -0.2) is 8.42 Å². The number of hydrogen-bond donors (Lipinski definition) is 2. The summed E-state index contributed by atoms with van der Waals surface area (Å²) in [5.74, 6) is 0.832. The van der Waals surface area contributed by atoms with Crippen LogP contribution in [-0.4, -0.2) is 39.4 Å². The van der Waals surface area contributed by atoms with Crippen molar-refractivity contribution < 1.29 is 13.2 Å². The molecule has 33 heavy (non-hydrogen) atoms. The second-order valence-corrected chi connectivity index (χ2v) is 10.4. The van der Waals surface area contributed by atoms with E-state index in [-0.39, 0.29) is 0 Å². The van der Waals surface area contributed by atoms with E-state index in [9.17, 15) is 8.42 Å². The fourth-order valence-corrected chi connectivity index (χ4v) is 4.93. The Morgan fingerprint density at radius 1 is 1.09 bits per heavy atom. The molecule has 4 rings (SSSR count). The zero-order valence-corrected chi connectivity index (χ0v) is 20.3. The molecule has 2 aromatic carbocycles. The molecule has 0 aliphatic carbocycles. The van der Waals surface area contributed by atoms with E-state index in [2.05, 4.69) is 28.0 Å². The van der Waals surface area contributed by atoms with Gasteiger partial charge < -0.3 is 10.1 Å². The van der Waals surface area contributed by atoms with Gasteiger partial charge in [-0.15, -0.1) is 0 Å². The van der Waals surface area contributed by atoms with Gasteiger partial charge in [0.1, 0.15) is 5.75 Å². The molecule has 0 saturated carbocycles. The lowest BCUT2D eigenvalue weighted by Crippen LogP contribution is -2.24. The standard InChI is InChI=1S/C26H31N3O3S/c1-18-7-9-21(29-33(3,30)31)17-24(18)22(20-11-14-27-15-12-20)13-16-32-26-6-4-5-25-23(26)10-8-19(2)28-25/h4-10,17,27,29H,11-16H2,1-3H3. The molecule has 2 heterocycles. The predicted octanol–water partition coefficient (Wildman–Crippen LogP) is 4.83. The van der Waals surface area contributed by atoms with Crippen LogP contribution in [0.2, 0.25) is 0 Å². The molecule has 1 aromatic heterocycles. The molecule has 2 N–H and O–H groups in total. The van der Waals surface area contributed by atoms with Gasteiger partial charge in [-0.3, -0.25) is 9.71 Å². The van der Waals surface area contributed by atoms with E-state index in [1.165, 1.54) is 17.4 Å². The minimum atomic E-state index is -3.34. The fraction of sp³-hybridized carbons (Fsp3) is 0.346. The van der Waals surface area contributed by atoms with E-state index in [1.54, 1.807) is 0 Å². The van der Waals surface area contributed by atoms with E-state index in [1.807, 2.05) is 49.4 Å². The van der Waals surface area contributed by atoms with Gasteiger partial charge in [0.2, 0.25) is 10.0 Å². The smallest absolute Gasteiger partial charge is 0.229 e. The summed E-state index contributed by atoms with van der Waals surface area (Å²) in [6.45, 7) is 6.49. The molecular formula is C26H31N3O3S. The Labute approximate surface area is 196 Å². The molecule has 0 amide bonds. The maximum Gasteiger partial charge on any atom is 0.229 e. The van der Waals surface area contributed by atoms with Gasteiger partial charge in [0.25, 0.3) is 0 Å². The molecule has 0 unspecified atom stereocenters. The Morgan fingerprint density at radius 2 is 1.88 bits per heavy atom. The normalized spacial score (nSPS) is 14.3. The van der Waals surface area contributed by atoms with Crippen LogP contribution in [0.3, 0.4) is 0 Å². The quantitative estimate of drug-likeness (QED) is 0.522. The molecule has 0 spiro atoms. The van der Waals surface area contributed by atoms with E-state index >= 15 is 0 Å². The van der Waals surface area contributed by atoms with Crippen LogP contribution in [0.25, 0.3) is 16.5 Å². The number of ether oxygens (including phenoxy) is 1. The third-order valence-electron chi connectivity index (χ3n) is 5.94. The maximum atomic E-state index is 11.8. The largest absolute Gasteiger partial charge is 0.493 e. The minimum Gasteiger partial charge on any atom is -0.493 e. The van der Waals surface area contributed by atoms with Crippen LogP contribution in [0.15, 0.2) is 54.1 Å². The van der Waals surface area contributed by atoms with E-state index < -0.39 is 10.0 Å². The van der Waals surface area contributed by atoms with Gasteiger partial charge in [-0.2, -0.15) is 0 Å². The van der Waals surface area contributed by atoms with E-state index in [4.69, 9.17) is 4.74 Å². The Bertz CT molecular complexity index is 1290. The molecule has 1 aliphatic heterocycles. The number of sulfonamides is 1. The van der Waals surface area contributed by atoms with Gasteiger partial charge in [0.15, 0.2) is 0 Å². The lowest BCUT2D eigenvalue weighted by atomic mass is 9.89. The highest BCUT2D eigenvalue weighted by atomic mass is 32.2. The molecule has 1 fully saturated rings. The molecule has 0 radical (unpaired) electrons. The van der Waals surface area contributed by atoms with Crippen LogP contribution in [0.5, 0.6) is 5.75 Å². The topological polar surface area (TPSA) is 80.3 Å². The average molecular weight is 466 g/mol. The number of piperidine rings is 1. The lowest BCUT2D eigenvalue weighted by Gasteiger charge is -2.23. The van der Waals surface area contributed by atoms with Crippen molar-refractivity contribution in [2.75, 3.05) is 30.7 Å². The summed E-state index contributed by atoms with van der Waals surface area (Å²) in [5.41, 5.74) is 7.36. The summed E-state index contributed by atoms with van der Waals surface area (Å²) in [5, 5.41) is 4.43. The van der Waals surface area contributed by atoms with Crippen molar-refractivity contribution in [2.24, 2.45) is 0 Å². The molecule has 6 nitrogen and oxygen atoms in total. The third kappa shape index (κ3) is 5.92. The van der Waals surface area contributed by atoms with Crippen molar-refractivity contribution in [3.05, 3.63) is 70.9 Å². The number of anilines is 1. The van der Waals surface area contributed by atoms with E-state index in [0.717, 1.165) is 65.8 Å². The average Bonchev–Trinajstić information content (AvgIpc) is 2.78. The van der Waals surface area contributed by atoms with Crippen molar-refractivity contribution >= 4 is 32.2 Å². The number of rotatable bonds is 7. The summed E-state index contributed by atoms with van der Waals surface area (Å²) in [6.07, 6.45) is 3.88. The SMILES string of the molecule is Cc1ccc2c(OCCC(=C3CCNCC3)c3cc(NS(C)(=O)=O)ccc3C)cccc2n1. The van der Waals surface area contributed by atoms with Crippen LogP contribution in [0.1, 0.15) is 36.1 Å². The van der Waals surface area contributed by atoms with Crippen molar-refractivity contribution in [3.63, 3.8) is 0 Å². The summed E-state index contributed by atoms with van der Waals surface area (Å²) in [6, 6.07) is 15.8. The van der Waals surface area contributed by atoms with Gasteiger partial charge in [-0.1, -0.05) is 17.7 Å². The molecule has 0 bridgehead atoms. The first-order valence-corrected chi connectivity index (χ1v) is 13.2. The van der Waals surface area contributed by atoms with Gasteiger partial charge >= 0.3 is 0 Å².